The zero-order valence-corrected chi connectivity index (χ0v) is 18.1. The van der Waals surface area contributed by atoms with E-state index in [0.717, 1.165) is 10.9 Å². The molecule has 1 aromatic heterocycles. The molecule has 28 heavy (non-hydrogen) atoms. The summed E-state index contributed by atoms with van der Waals surface area (Å²) < 4.78 is 11.6. The van der Waals surface area contributed by atoms with Gasteiger partial charge in [-0.1, -0.05) is 44.5 Å². The number of phenols is 1. The van der Waals surface area contributed by atoms with Crippen molar-refractivity contribution >= 4 is 16.8 Å². The summed E-state index contributed by atoms with van der Waals surface area (Å²) in [5.74, 6) is 1.61. The first-order valence-corrected chi connectivity index (χ1v) is 8.90. The molecule has 2 heterocycles. The number of nitrogens with zero attached hydrogens (tertiary/aromatic N) is 2. The smallest absolute Gasteiger partial charge is 0.217 e. The molecule has 0 aliphatic carbocycles. The summed E-state index contributed by atoms with van der Waals surface area (Å²) in [5, 5.41) is 10.8. The Labute approximate surface area is 178 Å². The molecule has 0 saturated heterocycles. The van der Waals surface area contributed by atoms with Crippen LogP contribution in [-0.2, 0) is 25.8 Å². The third-order valence-corrected chi connectivity index (χ3v) is 4.54. The van der Waals surface area contributed by atoms with Gasteiger partial charge in [-0.05, 0) is 17.5 Å². The second-order valence-corrected chi connectivity index (χ2v) is 7.66. The number of fused-ring (bicyclic) bond motifs is 1. The number of hydrogen-bond acceptors (Lipinski definition) is 5. The van der Waals surface area contributed by atoms with Crippen LogP contribution in [0.25, 0.3) is 10.9 Å². The van der Waals surface area contributed by atoms with Gasteiger partial charge in [0.25, 0.3) is 0 Å². The number of phenolic OH excluding ortho intramolecular Hbond substituents is 1. The average molecular weight is 556 g/mol. The summed E-state index contributed by atoms with van der Waals surface area (Å²) in [4.78, 5) is 9.08. The predicted octanol–water partition coefficient (Wildman–Crippen LogP) is 4.72. The first-order chi connectivity index (χ1) is 12.9. The van der Waals surface area contributed by atoms with Crippen molar-refractivity contribution < 1.29 is 35.6 Å². The van der Waals surface area contributed by atoms with Crippen LogP contribution in [0.1, 0.15) is 26.3 Å². The molecule has 148 valence electrons. The molecule has 2 aromatic carbocycles. The van der Waals surface area contributed by atoms with Gasteiger partial charge in [-0.25, -0.2) is 4.98 Å². The molecule has 6 heteroatoms. The number of pyridine rings is 1. The zero-order valence-electron chi connectivity index (χ0n) is 15.9. The van der Waals surface area contributed by atoms with Crippen molar-refractivity contribution in [1.82, 2.24) is 4.98 Å². The number of aromatic hydroxyl groups is 1. The molecule has 0 spiro atoms. The van der Waals surface area contributed by atoms with E-state index in [9.17, 15) is 5.11 Å². The van der Waals surface area contributed by atoms with E-state index in [1.165, 1.54) is 0 Å². The maximum Gasteiger partial charge on any atom is 0.217 e. The second-order valence-electron chi connectivity index (χ2n) is 7.66. The monoisotopic (exact) mass is 556 g/mol. The van der Waals surface area contributed by atoms with E-state index in [0.29, 0.717) is 29.7 Å². The van der Waals surface area contributed by atoms with Crippen molar-refractivity contribution in [3.05, 3.63) is 60.2 Å². The summed E-state index contributed by atoms with van der Waals surface area (Å²) in [7, 11) is 0. The minimum atomic E-state index is 0. The van der Waals surface area contributed by atoms with Gasteiger partial charge in [0, 0.05) is 38.3 Å². The summed E-state index contributed by atoms with van der Waals surface area (Å²) in [6.45, 7) is 7.02. The molecule has 1 atom stereocenters. The number of ether oxygens (including phenoxy) is 2. The number of para-hydroxylation sites is 1. The van der Waals surface area contributed by atoms with Crippen LogP contribution in [0.15, 0.2) is 53.5 Å². The van der Waals surface area contributed by atoms with E-state index >= 15 is 0 Å². The number of rotatable bonds is 3. The van der Waals surface area contributed by atoms with Crippen molar-refractivity contribution in [3.63, 3.8) is 0 Å². The van der Waals surface area contributed by atoms with Gasteiger partial charge in [0.05, 0.1) is 12.6 Å². The Bertz CT molecular complexity index is 1030. The third-order valence-electron chi connectivity index (χ3n) is 4.54. The Morgan fingerprint density at radius 2 is 1.89 bits per heavy atom. The summed E-state index contributed by atoms with van der Waals surface area (Å²) in [6, 6.07) is 17.8. The van der Waals surface area contributed by atoms with Crippen LogP contribution < -0.4 is 4.74 Å². The number of aliphatic imine (C=N–C) groups is 1. The van der Waals surface area contributed by atoms with Crippen LogP contribution in [0.2, 0.25) is 0 Å². The van der Waals surface area contributed by atoms with Crippen molar-refractivity contribution in [2.75, 3.05) is 6.61 Å². The quantitative estimate of drug-likeness (QED) is 0.475. The van der Waals surface area contributed by atoms with Gasteiger partial charge in [-0.2, -0.15) is 0 Å². The van der Waals surface area contributed by atoms with Crippen molar-refractivity contribution in [3.8, 4) is 17.4 Å². The Kier molecular flexibility index (Phi) is 5.76. The van der Waals surface area contributed by atoms with Crippen molar-refractivity contribution in [2.45, 2.75) is 26.8 Å². The Morgan fingerprint density at radius 3 is 2.64 bits per heavy atom. The largest absolute Gasteiger partial charge is 0.518 e. The Morgan fingerprint density at radius 1 is 1.11 bits per heavy atom. The first kappa shape index (κ1) is 20.3. The molecule has 1 aliphatic heterocycles. The molecule has 0 bridgehead atoms. The zero-order chi connectivity index (χ0) is 19.0. The van der Waals surface area contributed by atoms with E-state index in [4.69, 9.17) is 9.47 Å². The van der Waals surface area contributed by atoms with Gasteiger partial charge >= 0.3 is 0 Å². The standard InChI is InChI=1S/C22H21N2O3.Pt/c1-22(2,3)18-13-26-21(23-18)15-7-4-8-16(12-15)27-19-11-10-14-6-5-9-17(25)20(14)24-19;/h4-11,18,25H,13H2,1-3H3;/q-1;/t18-;/m1./s1. The number of hydrogen-bond donors (Lipinski definition) is 1. The van der Waals surface area contributed by atoms with E-state index in [1.54, 1.807) is 24.3 Å². The summed E-state index contributed by atoms with van der Waals surface area (Å²) in [6.07, 6.45) is 0. The van der Waals surface area contributed by atoms with Crippen molar-refractivity contribution in [2.24, 2.45) is 10.4 Å². The van der Waals surface area contributed by atoms with Gasteiger partial charge in [0.1, 0.15) is 17.2 Å². The van der Waals surface area contributed by atoms with Gasteiger partial charge in [-0.3, -0.25) is 4.99 Å². The molecule has 1 aliphatic rings. The van der Waals surface area contributed by atoms with Gasteiger partial charge in [0.2, 0.25) is 5.88 Å². The second kappa shape index (κ2) is 7.92. The number of benzene rings is 2. The molecule has 0 fully saturated rings. The van der Waals surface area contributed by atoms with Crippen molar-refractivity contribution in [1.29, 1.82) is 0 Å². The minimum Gasteiger partial charge on any atom is -0.518 e. The van der Waals surface area contributed by atoms with Crippen LogP contribution in [0, 0.1) is 11.5 Å². The average Bonchev–Trinajstić information content (AvgIpc) is 3.13. The SMILES string of the molecule is CC(C)(C)[C@H]1COC(c2[c-]c(Oc3ccc4cccc(O)c4n3)ccc2)=N1.[Pt]. The third kappa shape index (κ3) is 4.20. The van der Waals surface area contributed by atoms with Crippen LogP contribution in [0.3, 0.4) is 0 Å². The molecular weight excluding hydrogens is 535 g/mol. The molecular formula is C22H21N2O3Pt-. The molecule has 0 unspecified atom stereocenters. The first-order valence-electron chi connectivity index (χ1n) is 8.90. The summed E-state index contributed by atoms with van der Waals surface area (Å²) in [5.41, 5.74) is 1.30. The van der Waals surface area contributed by atoms with E-state index < -0.39 is 0 Å². The normalized spacial score (nSPS) is 16.2. The van der Waals surface area contributed by atoms with Crippen LogP contribution in [0.5, 0.6) is 17.4 Å². The molecule has 5 nitrogen and oxygen atoms in total. The van der Waals surface area contributed by atoms with E-state index in [1.807, 2.05) is 24.3 Å². The topological polar surface area (TPSA) is 63.9 Å². The van der Waals surface area contributed by atoms with Crippen LogP contribution in [0.4, 0.5) is 0 Å². The molecule has 4 rings (SSSR count). The van der Waals surface area contributed by atoms with Gasteiger partial charge in [0.15, 0.2) is 0 Å². The Balaban J connectivity index is 0.00000225. The summed E-state index contributed by atoms with van der Waals surface area (Å²) >= 11 is 0. The molecule has 0 radical (unpaired) electrons. The fourth-order valence-corrected chi connectivity index (χ4v) is 2.88. The van der Waals surface area contributed by atoms with E-state index in [2.05, 4.69) is 36.8 Å². The molecule has 0 amide bonds. The van der Waals surface area contributed by atoms with E-state index in [-0.39, 0.29) is 38.3 Å². The Hall–Kier alpha value is -2.39. The maximum atomic E-state index is 9.98. The van der Waals surface area contributed by atoms with Gasteiger partial charge in [-0.15, -0.1) is 18.2 Å². The number of aromatic nitrogens is 1. The molecule has 0 saturated carbocycles. The van der Waals surface area contributed by atoms with Gasteiger partial charge < -0.3 is 14.6 Å². The maximum absolute atomic E-state index is 9.98. The molecule has 1 N–H and O–H groups in total. The van der Waals surface area contributed by atoms with Crippen LogP contribution >= 0.6 is 0 Å². The van der Waals surface area contributed by atoms with Crippen LogP contribution in [-0.4, -0.2) is 28.6 Å². The minimum absolute atomic E-state index is 0. The predicted molar refractivity (Wildman–Crippen MR) is 104 cm³/mol. The fourth-order valence-electron chi connectivity index (χ4n) is 2.88. The fraction of sp³-hybridized carbons (Fsp3) is 0.273. The molecule has 3 aromatic rings.